The number of hydrogen-bond acceptors (Lipinski definition) is 5. The Bertz CT molecular complexity index is 1060. The monoisotopic (exact) mass is 442 g/mol. The summed E-state index contributed by atoms with van der Waals surface area (Å²) in [6.07, 6.45) is 4.35. The summed E-state index contributed by atoms with van der Waals surface area (Å²) in [5, 5.41) is 23.1. The molecule has 166 valence electrons. The van der Waals surface area contributed by atoms with Gasteiger partial charge in [-0.1, -0.05) is 36.4 Å². The highest BCUT2D eigenvalue weighted by atomic mass is 32.2. The van der Waals surface area contributed by atoms with Crippen molar-refractivity contribution in [2.24, 2.45) is 11.8 Å². The highest BCUT2D eigenvalue weighted by Crippen LogP contribution is 2.52. The van der Waals surface area contributed by atoms with Crippen molar-refractivity contribution in [3.05, 3.63) is 65.2 Å². The maximum absolute atomic E-state index is 11.8. The van der Waals surface area contributed by atoms with Crippen LogP contribution in [0.5, 0.6) is 0 Å². The fraction of sp³-hybridized carbons (Fsp3) is 0.500. The molecule has 1 heterocycles. The molecule has 2 fully saturated rings. The van der Waals surface area contributed by atoms with Gasteiger partial charge in [0.1, 0.15) is 0 Å². The lowest BCUT2D eigenvalue weighted by atomic mass is 9.75. The normalized spacial score (nSPS) is 29.6. The first-order valence-electron chi connectivity index (χ1n) is 11.0. The van der Waals surface area contributed by atoms with Crippen molar-refractivity contribution < 1.29 is 18.6 Å². The Kier molecular flexibility index (Phi) is 4.93. The molecule has 0 aromatic heterocycles. The molecule has 2 aliphatic carbocycles. The Morgan fingerprint density at radius 2 is 1.61 bits per heavy atom. The Labute approximate surface area is 184 Å². The summed E-state index contributed by atoms with van der Waals surface area (Å²) in [4.78, 5) is 2.32. The van der Waals surface area contributed by atoms with Crippen molar-refractivity contribution >= 4 is 15.7 Å². The van der Waals surface area contributed by atoms with Crippen LogP contribution >= 0.6 is 0 Å². The second-order valence-corrected chi connectivity index (χ2v) is 11.5. The van der Waals surface area contributed by atoms with Gasteiger partial charge in [0.15, 0.2) is 0 Å². The van der Waals surface area contributed by atoms with E-state index in [1.807, 2.05) is 18.2 Å². The van der Waals surface area contributed by atoms with Crippen molar-refractivity contribution in [1.29, 1.82) is 0 Å². The summed E-state index contributed by atoms with van der Waals surface area (Å²) in [5.74, 6) is 0.124. The van der Waals surface area contributed by atoms with Crippen LogP contribution in [-0.2, 0) is 28.5 Å². The number of aliphatic hydroxyl groups is 2. The van der Waals surface area contributed by atoms with Crippen molar-refractivity contribution in [2.45, 2.75) is 36.9 Å². The molecule has 2 aromatic rings. The van der Waals surface area contributed by atoms with E-state index in [1.54, 1.807) is 18.2 Å². The molecule has 7 heteroatoms. The fourth-order valence-corrected chi connectivity index (χ4v) is 6.74. The topological polar surface area (TPSA) is 89.9 Å². The van der Waals surface area contributed by atoms with Gasteiger partial charge in [0.25, 0.3) is 0 Å². The number of hydrogen-bond donors (Lipinski definition) is 3. The van der Waals surface area contributed by atoms with E-state index >= 15 is 0 Å². The van der Waals surface area contributed by atoms with E-state index in [-0.39, 0.29) is 11.8 Å². The number of sulfonamides is 1. The zero-order valence-electron chi connectivity index (χ0n) is 17.8. The second kappa shape index (κ2) is 7.30. The average molecular weight is 443 g/mol. The van der Waals surface area contributed by atoms with E-state index in [9.17, 15) is 18.6 Å². The molecule has 31 heavy (non-hydrogen) atoms. The third-order valence-electron chi connectivity index (χ3n) is 7.37. The number of rotatable bonds is 5. The van der Waals surface area contributed by atoms with Crippen molar-refractivity contribution in [1.82, 2.24) is 4.90 Å². The summed E-state index contributed by atoms with van der Waals surface area (Å²) >= 11 is 0. The largest absolute Gasteiger partial charge is 0.388 e. The van der Waals surface area contributed by atoms with Gasteiger partial charge < -0.3 is 10.2 Å². The molecule has 5 rings (SSSR count). The summed E-state index contributed by atoms with van der Waals surface area (Å²) in [7, 11) is -3.38. The first-order valence-corrected chi connectivity index (χ1v) is 12.9. The van der Waals surface area contributed by atoms with Crippen molar-refractivity contribution in [2.75, 3.05) is 30.6 Å². The number of β-amino-alcohol motifs (C(OH)–C–C–N with tert-alkyl or cyclic N) is 1. The molecule has 1 saturated heterocycles. The van der Waals surface area contributed by atoms with E-state index in [4.69, 9.17) is 0 Å². The summed E-state index contributed by atoms with van der Waals surface area (Å²) in [5.41, 5.74) is 2.01. The third kappa shape index (κ3) is 3.89. The molecular formula is C24H30N2O4S. The van der Waals surface area contributed by atoms with E-state index in [0.29, 0.717) is 25.1 Å². The first kappa shape index (κ1) is 20.9. The molecule has 1 aliphatic heterocycles. The summed E-state index contributed by atoms with van der Waals surface area (Å²) in [6, 6.07) is 15.4. The maximum Gasteiger partial charge on any atom is 0.229 e. The second-order valence-electron chi connectivity index (χ2n) is 9.79. The predicted octanol–water partition coefficient (Wildman–Crippen LogP) is 2.12. The molecule has 3 aliphatic rings. The minimum absolute atomic E-state index is 0.0621. The van der Waals surface area contributed by atoms with Gasteiger partial charge in [0.2, 0.25) is 10.0 Å². The van der Waals surface area contributed by atoms with E-state index in [2.05, 4.69) is 21.8 Å². The zero-order valence-corrected chi connectivity index (χ0v) is 18.6. The van der Waals surface area contributed by atoms with Gasteiger partial charge in [-0.3, -0.25) is 9.62 Å². The zero-order chi connectivity index (χ0) is 21.9. The summed E-state index contributed by atoms with van der Waals surface area (Å²) in [6.45, 7) is 2.07. The van der Waals surface area contributed by atoms with Crippen LogP contribution in [0.4, 0.5) is 5.69 Å². The van der Waals surface area contributed by atoms with Gasteiger partial charge in [-0.25, -0.2) is 8.42 Å². The SMILES string of the molecule is CS(=O)(=O)Nc1cccc(C2(O)C3CCC2CN(CC2(O)Cc4ccccc4C2)C3)c1. The van der Waals surface area contributed by atoms with Gasteiger partial charge in [0.05, 0.1) is 17.5 Å². The smallest absolute Gasteiger partial charge is 0.229 e. The van der Waals surface area contributed by atoms with E-state index < -0.39 is 21.2 Å². The van der Waals surface area contributed by atoms with Crippen LogP contribution in [0.2, 0.25) is 0 Å². The van der Waals surface area contributed by atoms with Crippen LogP contribution in [0, 0.1) is 11.8 Å². The number of fused-ring (bicyclic) bond motifs is 3. The minimum atomic E-state index is -3.38. The van der Waals surface area contributed by atoms with Crippen LogP contribution in [0.25, 0.3) is 0 Å². The standard InChI is InChI=1S/C24H30N2O4S/c1-31(29,30)25-22-8-4-7-19(11-22)24(28)20-9-10-21(24)15-26(14-20)16-23(27)12-17-5-2-3-6-18(17)13-23/h2-8,11,20-21,25,27-28H,9-10,12-16H2,1H3. The van der Waals surface area contributed by atoms with Crippen molar-refractivity contribution in [3.63, 3.8) is 0 Å². The minimum Gasteiger partial charge on any atom is -0.388 e. The van der Waals surface area contributed by atoms with Crippen molar-refractivity contribution in [3.8, 4) is 0 Å². The van der Waals surface area contributed by atoms with Gasteiger partial charge in [-0.05, 0) is 41.7 Å². The molecule has 3 N–H and O–H groups in total. The van der Waals surface area contributed by atoms with Crippen LogP contribution in [0.1, 0.15) is 29.5 Å². The van der Waals surface area contributed by atoms with E-state index in [1.165, 1.54) is 11.1 Å². The highest BCUT2D eigenvalue weighted by molar-refractivity contribution is 7.92. The molecule has 6 nitrogen and oxygen atoms in total. The van der Waals surface area contributed by atoms with E-state index in [0.717, 1.165) is 37.8 Å². The van der Waals surface area contributed by atoms with Crippen LogP contribution < -0.4 is 4.72 Å². The maximum atomic E-state index is 11.8. The van der Waals surface area contributed by atoms with Gasteiger partial charge in [-0.15, -0.1) is 0 Å². The number of nitrogens with one attached hydrogen (secondary N) is 1. The van der Waals surface area contributed by atoms with Gasteiger partial charge in [-0.2, -0.15) is 0 Å². The quantitative estimate of drug-likeness (QED) is 0.660. The van der Waals surface area contributed by atoms with Crippen LogP contribution in [-0.4, -0.2) is 55.0 Å². The molecule has 0 radical (unpaired) electrons. The molecule has 2 atom stereocenters. The number of benzene rings is 2. The Hall–Kier alpha value is -1.93. The Morgan fingerprint density at radius 1 is 1.00 bits per heavy atom. The lowest BCUT2D eigenvalue weighted by molar-refractivity contribution is -0.104. The summed E-state index contributed by atoms with van der Waals surface area (Å²) < 4.78 is 25.8. The third-order valence-corrected chi connectivity index (χ3v) is 7.98. The fourth-order valence-electron chi connectivity index (χ4n) is 6.18. The molecule has 0 spiro atoms. The first-order chi connectivity index (χ1) is 14.6. The Morgan fingerprint density at radius 3 is 2.19 bits per heavy atom. The lowest BCUT2D eigenvalue weighted by Gasteiger charge is -2.46. The molecule has 2 bridgehead atoms. The molecule has 2 unspecified atom stereocenters. The highest BCUT2D eigenvalue weighted by Gasteiger charge is 2.54. The number of anilines is 1. The number of likely N-dealkylation sites (tertiary alicyclic amines) is 1. The average Bonchev–Trinajstić information content (AvgIpc) is 3.08. The molecule has 2 aromatic carbocycles. The molecule has 1 saturated carbocycles. The lowest BCUT2D eigenvalue weighted by Crippen LogP contribution is -2.55. The van der Waals surface area contributed by atoms with Gasteiger partial charge in [0, 0.05) is 50.0 Å². The van der Waals surface area contributed by atoms with Gasteiger partial charge >= 0.3 is 0 Å². The van der Waals surface area contributed by atoms with Crippen LogP contribution in [0.3, 0.4) is 0 Å². The molecule has 0 amide bonds. The van der Waals surface area contributed by atoms with Crippen LogP contribution in [0.15, 0.2) is 48.5 Å². The molecular weight excluding hydrogens is 412 g/mol. The Balaban J connectivity index is 1.33. The number of nitrogens with zero attached hydrogens (tertiary/aromatic N) is 1. The number of piperidine rings is 1. The predicted molar refractivity (Wildman–Crippen MR) is 120 cm³/mol.